The molecule has 0 saturated carbocycles. The number of nitrogens with two attached hydrogens (primary N) is 1. The zero-order valence-corrected chi connectivity index (χ0v) is 13.0. The lowest BCUT2D eigenvalue weighted by atomic mass is 9.99. The Morgan fingerprint density at radius 2 is 2.00 bits per heavy atom. The van der Waals surface area contributed by atoms with Gasteiger partial charge in [-0.3, -0.25) is 4.98 Å². The molecule has 1 aromatic carbocycles. The van der Waals surface area contributed by atoms with Crippen LogP contribution in [0.15, 0.2) is 30.3 Å². The van der Waals surface area contributed by atoms with Gasteiger partial charge in [0.2, 0.25) is 0 Å². The van der Waals surface area contributed by atoms with Crippen molar-refractivity contribution >= 4 is 10.9 Å². The monoisotopic (exact) mass is 287 g/mol. The van der Waals surface area contributed by atoms with Gasteiger partial charge in [0.05, 0.1) is 5.52 Å². The van der Waals surface area contributed by atoms with Gasteiger partial charge in [-0.1, -0.05) is 19.1 Å². The molecule has 114 valence electrons. The molecule has 2 rings (SSSR count). The molecule has 3 atom stereocenters. The highest BCUT2D eigenvalue weighted by atomic mass is 16.3. The van der Waals surface area contributed by atoms with Crippen molar-refractivity contribution in [3.8, 4) is 0 Å². The lowest BCUT2D eigenvalue weighted by molar-refractivity contribution is 0.201. The molecule has 0 spiro atoms. The molecule has 0 aliphatic heterocycles. The summed E-state index contributed by atoms with van der Waals surface area (Å²) in [6, 6.07) is 10.7. The van der Waals surface area contributed by atoms with E-state index < -0.39 is 0 Å². The number of rotatable bonds is 6. The van der Waals surface area contributed by atoms with Crippen LogP contribution in [0.1, 0.15) is 31.1 Å². The summed E-state index contributed by atoms with van der Waals surface area (Å²) in [4.78, 5) is 4.52. The number of aliphatic hydroxyl groups excluding tert-OH is 1. The molecule has 4 heteroatoms. The van der Waals surface area contributed by atoms with Crippen molar-refractivity contribution in [1.82, 2.24) is 10.3 Å². The van der Waals surface area contributed by atoms with Crippen LogP contribution in [0.4, 0.5) is 0 Å². The predicted molar refractivity (Wildman–Crippen MR) is 87.1 cm³/mol. The van der Waals surface area contributed by atoms with Crippen LogP contribution in [0.25, 0.3) is 10.9 Å². The molecule has 0 amide bonds. The van der Waals surface area contributed by atoms with Gasteiger partial charge in [0.1, 0.15) is 0 Å². The van der Waals surface area contributed by atoms with E-state index in [9.17, 15) is 5.11 Å². The first kappa shape index (κ1) is 15.9. The molecule has 0 radical (unpaired) electrons. The maximum Gasteiger partial charge on any atom is 0.0705 e. The molecule has 4 nitrogen and oxygen atoms in total. The summed E-state index contributed by atoms with van der Waals surface area (Å²) in [6.45, 7) is 6.79. The van der Waals surface area contributed by atoms with Crippen LogP contribution in [-0.2, 0) is 0 Å². The predicted octanol–water partition coefficient (Wildman–Crippen LogP) is 2.15. The van der Waals surface area contributed by atoms with E-state index in [2.05, 4.69) is 35.4 Å². The van der Waals surface area contributed by atoms with E-state index in [4.69, 9.17) is 5.73 Å². The normalized spacial score (nSPS) is 15.9. The van der Waals surface area contributed by atoms with E-state index >= 15 is 0 Å². The number of benzene rings is 1. The van der Waals surface area contributed by atoms with Gasteiger partial charge in [0.25, 0.3) is 0 Å². The van der Waals surface area contributed by atoms with E-state index in [1.807, 2.05) is 26.0 Å². The summed E-state index contributed by atoms with van der Waals surface area (Å²) >= 11 is 0. The van der Waals surface area contributed by atoms with Crippen LogP contribution in [0.5, 0.6) is 0 Å². The second-order valence-electron chi connectivity index (χ2n) is 5.81. The highest BCUT2D eigenvalue weighted by Crippen LogP contribution is 2.20. The highest BCUT2D eigenvalue weighted by Gasteiger charge is 2.17. The summed E-state index contributed by atoms with van der Waals surface area (Å²) in [6.07, 6.45) is 0. The molecule has 0 fully saturated rings. The number of hydrogen-bond acceptors (Lipinski definition) is 4. The third kappa shape index (κ3) is 3.79. The third-order valence-electron chi connectivity index (χ3n) is 4.10. The summed E-state index contributed by atoms with van der Waals surface area (Å²) in [5, 5.41) is 13.9. The average Bonchev–Trinajstić information content (AvgIpc) is 2.51. The molecule has 4 N–H and O–H groups in total. The van der Waals surface area contributed by atoms with Crippen molar-refractivity contribution in [1.29, 1.82) is 0 Å². The molecule has 0 bridgehead atoms. The first-order chi connectivity index (χ1) is 10.0. The van der Waals surface area contributed by atoms with Gasteiger partial charge in [-0.05, 0) is 43.5 Å². The van der Waals surface area contributed by atoms with Crippen LogP contribution in [-0.4, -0.2) is 29.3 Å². The Kier molecular flexibility index (Phi) is 5.28. The first-order valence-electron chi connectivity index (χ1n) is 7.49. The van der Waals surface area contributed by atoms with Gasteiger partial charge in [-0.2, -0.15) is 0 Å². The van der Waals surface area contributed by atoms with Gasteiger partial charge in [0, 0.05) is 36.3 Å². The number of hydrogen-bond donors (Lipinski definition) is 3. The SMILES string of the molecule is Cc1ccc2cc(C(CN)NC(C)C(C)CO)ccc2n1. The van der Waals surface area contributed by atoms with Crippen molar-refractivity contribution in [2.24, 2.45) is 11.7 Å². The maximum absolute atomic E-state index is 9.25. The number of aryl methyl sites for hydroxylation is 1. The third-order valence-corrected chi connectivity index (χ3v) is 4.10. The summed E-state index contributed by atoms with van der Waals surface area (Å²) in [5.41, 5.74) is 9.11. The van der Waals surface area contributed by atoms with E-state index in [0.29, 0.717) is 6.54 Å². The van der Waals surface area contributed by atoms with Gasteiger partial charge in [0.15, 0.2) is 0 Å². The average molecular weight is 287 g/mol. The van der Waals surface area contributed by atoms with Crippen LogP contribution >= 0.6 is 0 Å². The second-order valence-corrected chi connectivity index (χ2v) is 5.81. The van der Waals surface area contributed by atoms with Crippen LogP contribution < -0.4 is 11.1 Å². The second kappa shape index (κ2) is 6.98. The van der Waals surface area contributed by atoms with Crippen LogP contribution in [0.2, 0.25) is 0 Å². The van der Waals surface area contributed by atoms with E-state index in [-0.39, 0.29) is 24.6 Å². The molecule has 1 heterocycles. The van der Waals surface area contributed by atoms with Crippen LogP contribution in [0.3, 0.4) is 0 Å². The molecule has 0 aliphatic rings. The largest absolute Gasteiger partial charge is 0.396 e. The molecule has 2 aromatic rings. The van der Waals surface area contributed by atoms with Gasteiger partial charge < -0.3 is 16.2 Å². The fraction of sp³-hybridized carbons (Fsp3) is 0.471. The Morgan fingerprint density at radius 3 is 2.67 bits per heavy atom. The standard InChI is InChI=1S/C17H25N3O/c1-11(10-21)13(3)20-17(9-18)15-6-7-16-14(8-15)5-4-12(2)19-16/h4-8,11,13,17,20-21H,9-10,18H2,1-3H3. The topological polar surface area (TPSA) is 71.2 Å². The number of pyridine rings is 1. The molecule has 0 aliphatic carbocycles. The zero-order valence-electron chi connectivity index (χ0n) is 13.0. The Labute approximate surface area is 126 Å². The quantitative estimate of drug-likeness (QED) is 0.761. The Morgan fingerprint density at radius 1 is 1.24 bits per heavy atom. The Bertz CT molecular complexity index is 600. The number of nitrogens with zero attached hydrogens (tertiary/aromatic N) is 1. The molecule has 3 unspecified atom stereocenters. The summed E-state index contributed by atoms with van der Waals surface area (Å²) < 4.78 is 0. The fourth-order valence-corrected chi connectivity index (χ4v) is 2.40. The minimum absolute atomic E-state index is 0.0831. The van der Waals surface area contributed by atoms with Gasteiger partial charge in [-0.25, -0.2) is 0 Å². The number of aliphatic hydroxyl groups is 1. The molecule has 21 heavy (non-hydrogen) atoms. The Hall–Kier alpha value is -1.49. The van der Waals surface area contributed by atoms with E-state index in [1.165, 1.54) is 0 Å². The lowest BCUT2D eigenvalue weighted by Crippen LogP contribution is -2.39. The van der Waals surface area contributed by atoms with Crippen molar-refractivity contribution < 1.29 is 5.11 Å². The van der Waals surface area contributed by atoms with Gasteiger partial charge >= 0.3 is 0 Å². The zero-order chi connectivity index (χ0) is 15.4. The number of fused-ring (bicyclic) bond motifs is 1. The van der Waals surface area contributed by atoms with Crippen molar-refractivity contribution in [3.05, 3.63) is 41.6 Å². The van der Waals surface area contributed by atoms with Crippen LogP contribution in [0, 0.1) is 12.8 Å². The van der Waals surface area contributed by atoms with Gasteiger partial charge in [-0.15, -0.1) is 0 Å². The minimum Gasteiger partial charge on any atom is -0.396 e. The first-order valence-corrected chi connectivity index (χ1v) is 7.49. The Balaban J connectivity index is 2.23. The fourth-order valence-electron chi connectivity index (χ4n) is 2.40. The van der Waals surface area contributed by atoms with Crippen molar-refractivity contribution in [3.63, 3.8) is 0 Å². The van der Waals surface area contributed by atoms with E-state index in [0.717, 1.165) is 22.2 Å². The smallest absolute Gasteiger partial charge is 0.0705 e. The molecular weight excluding hydrogens is 262 g/mol. The highest BCUT2D eigenvalue weighted by molar-refractivity contribution is 5.79. The van der Waals surface area contributed by atoms with E-state index in [1.54, 1.807) is 0 Å². The van der Waals surface area contributed by atoms with Crippen molar-refractivity contribution in [2.75, 3.05) is 13.2 Å². The molecular formula is C17H25N3O. The number of aromatic nitrogens is 1. The summed E-state index contributed by atoms with van der Waals surface area (Å²) in [7, 11) is 0. The summed E-state index contributed by atoms with van der Waals surface area (Å²) in [5.74, 6) is 0.198. The molecule has 0 saturated heterocycles. The number of nitrogens with one attached hydrogen (secondary N) is 1. The molecule has 1 aromatic heterocycles. The maximum atomic E-state index is 9.25. The van der Waals surface area contributed by atoms with Crippen molar-refractivity contribution in [2.45, 2.75) is 32.9 Å². The minimum atomic E-state index is 0.0831. The lowest BCUT2D eigenvalue weighted by Gasteiger charge is -2.26.